The average Bonchev–Trinajstić information content (AvgIpc) is 3.38. The van der Waals surface area contributed by atoms with Crippen LogP contribution in [0.5, 0.6) is 0 Å². The molecule has 1 saturated heterocycles. The zero-order valence-corrected chi connectivity index (χ0v) is 22.6. The first-order chi connectivity index (χ1) is 18.7. The van der Waals surface area contributed by atoms with Crippen molar-refractivity contribution >= 4 is 28.4 Å². The van der Waals surface area contributed by atoms with Crippen LogP contribution in [0.25, 0.3) is 16.9 Å². The largest absolute Gasteiger partial charge is 0.384 e. The van der Waals surface area contributed by atoms with Crippen LogP contribution >= 0.6 is 0 Å². The average molecular weight is 527 g/mol. The van der Waals surface area contributed by atoms with Crippen LogP contribution in [0.3, 0.4) is 0 Å². The summed E-state index contributed by atoms with van der Waals surface area (Å²) in [5.41, 5.74) is 2.90. The van der Waals surface area contributed by atoms with E-state index >= 15 is 0 Å². The second-order valence-electron chi connectivity index (χ2n) is 10.8. The maximum absolute atomic E-state index is 13.3. The Labute approximate surface area is 227 Å². The lowest BCUT2D eigenvalue weighted by Crippen LogP contribution is -2.50. The first kappa shape index (κ1) is 25.3. The molecule has 1 aromatic carbocycles. The minimum atomic E-state index is -1.01. The molecule has 4 aromatic rings. The van der Waals surface area contributed by atoms with Gasteiger partial charge in [0.05, 0.1) is 12.2 Å². The highest BCUT2D eigenvalue weighted by Gasteiger charge is 2.34. The van der Waals surface area contributed by atoms with Gasteiger partial charge in [0, 0.05) is 43.2 Å². The molecule has 0 bridgehead atoms. The summed E-state index contributed by atoms with van der Waals surface area (Å²) in [4.78, 5) is 32.0. The van der Waals surface area contributed by atoms with Crippen LogP contribution in [0.4, 0.5) is 17.3 Å². The van der Waals surface area contributed by atoms with Gasteiger partial charge in [-0.15, -0.1) is 6.58 Å². The highest BCUT2D eigenvalue weighted by Crippen LogP contribution is 2.35. The number of pyridine rings is 1. The lowest BCUT2D eigenvalue weighted by Gasteiger charge is -2.39. The molecule has 2 N–H and O–H groups in total. The van der Waals surface area contributed by atoms with Gasteiger partial charge in [0.2, 0.25) is 5.95 Å². The van der Waals surface area contributed by atoms with Crippen molar-refractivity contribution in [2.75, 3.05) is 36.9 Å². The fourth-order valence-corrected chi connectivity index (χ4v) is 5.54. The SMILES string of the molecule is C=CCn1c(=O)c2cnc(Nc3ccc(N4CCN(C)[C@@H](C)C4)cc3)nc2n1-c1ccc2c(n1)C(C)(O)CC2. The van der Waals surface area contributed by atoms with Crippen molar-refractivity contribution in [3.8, 4) is 5.82 Å². The molecule has 10 heteroatoms. The summed E-state index contributed by atoms with van der Waals surface area (Å²) >= 11 is 0. The summed E-state index contributed by atoms with van der Waals surface area (Å²) in [7, 11) is 2.17. The number of anilines is 3. The molecule has 0 amide bonds. The van der Waals surface area contributed by atoms with E-state index < -0.39 is 5.60 Å². The summed E-state index contributed by atoms with van der Waals surface area (Å²) in [5.74, 6) is 0.890. The van der Waals surface area contributed by atoms with Crippen molar-refractivity contribution in [3.63, 3.8) is 0 Å². The van der Waals surface area contributed by atoms with Crippen LogP contribution in [0.2, 0.25) is 0 Å². The molecule has 39 heavy (non-hydrogen) atoms. The monoisotopic (exact) mass is 526 g/mol. The molecule has 0 spiro atoms. The van der Waals surface area contributed by atoms with Crippen molar-refractivity contribution in [1.82, 2.24) is 29.2 Å². The van der Waals surface area contributed by atoms with Gasteiger partial charge in [0.25, 0.3) is 5.56 Å². The number of allylic oxidation sites excluding steroid dienone is 1. The molecule has 1 aliphatic heterocycles. The number of hydrogen-bond donors (Lipinski definition) is 2. The van der Waals surface area contributed by atoms with Crippen LogP contribution in [0.1, 0.15) is 31.5 Å². The third-order valence-electron chi connectivity index (χ3n) is 8.00. The van der Waals surface area contributed by atoms with E-state index in [1.165, 1.54) is 5.69 Å². The van der Waals surface area contributed by atoms with Gasteiger partial charge in [-0.1, -0.05) is 12.1 Å². The van der Waals surface area contributed by atoms with E-state index in [1.807, 2.05) is 24.3 Å². The van der Waals surface area contributed by atoms with Crippen LogP contribution in [0, 0.1) is 0 Å². The van der Waals surface area contributed by atoms with Crippen molar-refractivity contribution in [3.05, 3.63) is 76.9 Å². The number of aryl methyl sites for hydroxylation is 1. The molecule has 1 unspecified atom stereocenters. The van der Waals surface area contributed by atoms with E-state index in [9.17, 15) is 9.90 Å². The lowest BCUT2D eigenvalue weighted by atomic mass is 10.0. The van der Waals surface area contributed by atoms with Gasteiger partial charge in [0.1, 0.15) is 11.0 Å². The molecule has 6 rings (SSSR count). The maximum atomic E-state index is 13.3. The molecule has 1 aliphatic carbocycles. The van der Waals surface area contributed by atoms with Crippen LogP contribution in [0.15, 0.2) is 60.0 Å². The van der Waals surface area contributed by atoms with Gasteiger partial charge in [-0.2, -0.15) is 4.98 Å². The van der Waals surface area contributed by atoms with E-state index in [0.29, 0.717) is 41.0 Å². The van der Waals surface area contributed by atoms with E-state index in [2.05, 4.69) is 52.8 Å². The van der Waals surface area contributed by atoms with E-state index in [0.717, 1.165) is 37.3 Å². The first-order valence-electron chi connectivity index (χ1n) is 13.4. The number of aromatic nitrogens is 5. The number of hydrogen-bond acceptors (Lipinski definition) is 8. The van der Waals surface area contributed by atoms with E-state index in [4.69, 9.17) is 9.97 Å². The smallest absolute Gasteiger partial charge is 0.278 e. The zero-order chi connectivity index (χ0) is 27.3. The third-order valence-corrected chi connectivity index (χ3v) is 8.00. The van der Waals surface area contributed by atoms with Crippen molar-refractivity contribution < 1.29 is 5.11 Å². The third kappa shape index (κ3) is 4.49. The van der Waals surface area contributed by atoms with E-state index in [1.54, 1.807) is 28.6 Å². The zero-order valence-electron chi connectivity index (χ0n) is 22.6. The number of aliphatic hydroxyl groups is 1. The maximum Gasteiger partial charge on any atom is 0.278 e. The van der Waals surface area contributed by atoms with Crippen molar-refractivity contribution in [1.29, 1.82) is 0 Å². The Kier molecular flexibility index (Phi) is 6.23. The predicted molar refractivity (Wildman–Crippen MR) is 153 cm³/mol. The fraction of sp³-hybridized carbons (Fsp3) is 0.379. The Balaban J connectivity index is 1.34. The van der Waals surface area contributed by atoms with Crippen molar-refractivity contribution in [2.45, 2.75) is 44.9 Å². The second kappa shape index (κ2) is 9.62. The Morgan fingerprint density at radius 1 is 1.18 bits per heavy atom. The number of benzene rings is 1. The molecule has 0 saturated carbocycles. The number of likely N-dealkylation sites (N-methyl/N-ethyl adjacent to an activating group) is 1. The highest BCUT2D eigenvalue weighted by molar-refractivity contribution is 5.77. The van der Waals surface area contributed by atoms with Gasteiger partial charge in [-0.3, -0.25) is 4.79 Å². The highest BCUT2D eigenvalue weighted by atomic mass is 16.3. The van der Waals surface area contributed by atoms with Gasteiger partial charge in [-0.05, 0) is 69.6 Å². The predicted octanol–water partition coefficient (Wildman–Crippen LogP) is 3.20. The van der Waals surface area contributed by atoms with Crippen LogP contribution in [-0.2, 0) is 18.6 Å². The second-order valence-corrected chi connectivity index (χ2v) is 10.8. The molecule has 3 aromatic heterocycles. The van der Waals surface area contributed by atoms with Gasteiger partial charge in [-0.25, -0.2) is 19.3 Å². The minimum Gasteiger partial charge on any atom is -0.384 e. The fourth-order valence-electron chi connectivity index (χ4n) is 5.54. The molecular formula is C29H34N8O2. The topological polar surface area (TPSA) is 104 Å². The number of rotatable bonds is 6. The number of nitrogens with zero attached hydrogens (tertiary/aromatic N) is 7. The molecular weight excluding hydrogens is 492 g/mol. The first-order valence-corrected chi connectivity index (χ1v) is 13.4. The summed E-state index contributed by atoms with van der Waals surface area (Å²) in [6.45, 7) is 11.2. The molecule has 2 aliphatic rings. The Morgan fingerprint density at radius 2 is 1.97 bits per heavy atom. The molecule has 2 atom stereocenters. The van der Waals surface area contributed by atoms with Crippen LogP contribution < -0.4 is 15.8 Å². The molecule has 1 fully saturated rings. The normalized spacial score (nSPS) is 21.3. The minimum absolute atomic E-state index is 0.226. The quantitative estimate of drug-likeness (QED) is 0.369. The number of piperazine rings is 1. The van der Waals surface area contributed by atoms with Gasteiger partial charge in [0.15, 0.2) is 11.5 Å². The lowest BCUT2D eigenvalue weighted by molar-refractivity contribution is 0.0553. The Bertz CT molecular complexity index is 1600. The summed E-state index contributed by atoms with van der Waals surface area (Å²) < 4.78 is 3.24. The summed E-state index contributed by atoms with van der Waals surface area (Å²) in [6, 6.07) is 12.6. The molecule has 202 valence electrons. The molecule has 10 nitrogen and oxygen atoms in total. The van der Waals surface area contributed by atoms with E-state index in [-0.39, 0.29) is 12.1 Å². The number of fused-ring (bicyclic) bond motifs is 2. The summed E-state index contributed by atoms with van der Waals surface area (Å²) in [6.07, 6.45) is 4.60. The summed E-state index contributed by atoms with van der Waals surface area (Å²) in [5, 5.41) is 14.5. The van der Waals surface area contributed by atoms with Crippen LogP contribution in [-0.4, -0.2) is 67.0 Å². The molecule has 0 radical (unpaired) electrons. The van der Waals surface area contributed by atoms with Gasteiger partial charge < -0.3 is 20.2 Å². The standard InChI is InChI=1S/C29H34N8O2/c1-5-14-36-27(38)23-17-30-28(31-21-7-9-22(10-8-21)35-16-15-34(4)19(2)18-35)33-26(23)37(36)24-11-6-20-12-13-29(3,39)25(20)32-24/h5-11,17,19,39H,1,12-16,18H2,2-4H3,(H,30,31,33)/t19-,29?/m0/s1. The van der Waals surface area contributed by atoms with Crippen molar-refractivity contribution in [2.24, 2.45) is 0 Å². The molecule has 4 heterocycles. The Morgan fingerprint density at radius 3 is 2.72 bits per heavy atom. The number of nitrogens with one attached hydrogen (secondary N) is 1. The Hall–Kier alpha value is -4.02. The van der Waals surface area contributed by atoms with Gasteiger partial charge >= 0.3 is 0 Å².